The fourth-order valence-corrected chi connectivity index (χ4v) is 2.90. The first-order chi connectivity index (χ1) is 13.6. The van der Waals surface area contributed by atoms with Gasteiger partial charge in [-0.15, -0.1) is 0 Å². The van der Waals surface area contributed by atoms with Crippen LogP contribution in [0.15, 0.2) is 53.1 Å². The molecule has 0 radical (unpaired) electrons. The molecule has 0 saturated carbocycles. The highest BCUT2D eigenvalue weighted by Crippen LogP contribution is 2.30. The van der Waals surface area contributed by atoms with Crippen molar-refractivity contribution in [2.24, 2.45) is 0 Å². The predicted octanol–water partition coefficient (Wildman–Crippen LogP) is 3.90. The van der Waals surface area contributed by atoms with Gasteiger partial charge in [-0.3, -0.25) is 9.59 Å². The van der Waals surface area contributed by atoms with E-state index in [9.17, 15) is 9.59 Å². The third-order valence-corrected chi connectivity index (χ3v) is 4.40. The van der Waals surface area contributed by atoms with Crippen LogP contribution in [0.4, 0.5) is 11.4 Å². The number of nitrogens with zero attached hydrogens (tertiary/aromatic N) is 1. The molecule has 2 amide bonds. The summed E-state index contributed by atoms with van der Waals surface area (Å²) in [7, 11) is 0. The number of nitrogens with one attached hydrogen (secondary N) is 2. The second kappa shape index (κ2) is 7.74. The Morgan fingerprint density at radius 3 is 2.86 bits per heavy atom. The number of oxazole rings is 1. The van der Waals surface area contributed by atoms with E-state index in [2.05, 4.69) is 15.6 Å². The summed E-state index contributed by atoms with van der Waals surface area (Å²) in [6.07, 6.45) is 2.20. The molecule has 2 N–H and O–H groups in total. The number of benzene rings is 2. The molecule has 0 atom stereocenters. The average Bonchev–Trinajstić information content (AvgIpc) is 3.16. The third-order valence-electron chi connectivity index (χ3n) is 4.14. The minimum atomic E-state index is -0.226. The minimum absolute atomic E-state index is 0.00708. The normalized spacial score (nSPS) is 12.7. The Morgan fingerprint density at radius 2 is 2.04 bits per heavy atom. The molecule has 7 nitrogen and oxygen atoms in total. The van der Waals surface area contributed by atoms with Gasteiger partial charge in [-0.05, 0) is 42.5 Å². The van der Waals surface area contributed by atoms with Crippen molar-refractivity contribution < 1.29 is 18.7 Å². The number of ether oxygens (including phenoxy) is 1. The van der Waals surface area contributed by atoms with Gasteiger partial charge in [-0.25, -0.2) is 4.98 Å². The van der Waals surface area contributed by atoms with E-state index in [1.807, 2.05) is 12.1 Å². The number of fused-ring (bicyclic) bond motifs is 1. The Morgan fingerprint density at radius 1 is 1.21 bits per heavy atom. The highest BCUT2D eigenvalue weighted by molar-refractivity contribution is 6.30. The zero-order valence-electron chi connectivity index (χ0n) is 14.7. The number of hydrogen-bond acceptors (Lipinski definition) is 5. The van der Waals surface area contributed by atoms with E-state index in [1.165, 1.54) is 0 Å². The summed E-state index contributed by atoms with van der Waals surface area (Å²) < 4.78 is 11.0. The Labute approximate surface area is 165 Å². The van der Waals surface area contributed by atoms with E-state index in [0.29, 0.717) is 40.2 Å². The number of carbonyl (C=O) groups is 2. The number of rotatable bonds is 5. The van der Waals surface area contributed by atoms with Crippen LogP contribution in [0.1, 0.15) is 12.3 Å². The maximum atomic E-state index is 12.2. The second-order valence-corrected chi connectivity index (χ2v) is 6.66. The molecule has 142 valence electrons. The van der Waals surface area contributed by atoms with Crippen LogP contribution in [0.25, 0.3) is 11.3 Å². The van der Waals surface area contributed by atoms with Gasteiger partial charge in [0.15, 0.2) is 18.3 Å². The van der Waals surface area contributed by atoms with Crippen LogP contribution in [0, 0.1) is 0 Å². The lowest BCUT2D eigenvalue weighted by molar-refractivity contribution is -0.118. The van der Waals surface area contributed by atoms with Crippen molar-refractivity contribution in [2.45, 2.75) is 12.8 Å². The maximum Gasteiger partial charge on any atom is 0.262 e. The molecule has 28 heavy (non-hydrogen) atoms. The molecule has 2 heterocycles. The summed E-state index contributed by atoms with van der Waals surface area (Å²) >= 11 is 5.88. The Bertz CT molecular complexity index is 1030. The zero-order valence-corrected chi connectivity index (χ0v) is 15.5. The number of halogens is 1. The van der Waals surface area contributed by atoms with Crippen LogP contribution < -0.4 is 15.4 Å². The van der Waals surface area contributed by atoms with Crippen LogP contribution in [-0.4, -0.2) is 23.4 Å². The van der Waals surface area contributed by atoms with Gasteiger partial charge in [0.25, 0.3) is 5.91 Å². The topological polar surface area (TPSA) is 93.5 Å². The number of aromatic nitrogens is 1. The van der Waals surface area contributed by atoms with E-state index < -0.39 is 0 Å². The number of amides is 2. The molecular weight excluding hydrogens is 382 g/mol. The number of aryl methyl sites for hydroxylation is 1. The van der Waals surface area contributed by atoms with Gasteiger partial charge in [0, 0.05) is 29.1 Å². The van der Waals surface area contributed by atoms with Gasteiger partial charge in [0.2, 0.25) is 5.91 Å². The van der Waals surface area contributed by atoms with Crippen LogP contribution in [-0.2, 0) is 16.0 Å². The lowest BCUT2D eigenvalue weighted by atomic mass is 10.2. The second-order valence-electron chi connectivity index (χ2n) is 6.22. The van der Waals surface area contributed by atoms with Crippen LogP contribution in [0.5, 0.6) is 5.75 Å². The predicted molar refractivity (Wildman–Crippen MR) is 104 cm³/mol. The number of anilines is 2. The molecule has 0 bridgehead atoms. The zero-order chi connectivity index (χ0) is 19.5. The summed E-state index contributed by atoms with van der Waals surface area (Å²) in [4.78, 5) is 27.8. The molecule has 3 aromatic rings. The molecule has 8 heteroatoms. The first kappa shape index (κ1) is 18.1. The van der Waals surface area contributed by atoms with Gasteiger partial charge in [-0.1, -0.05) is 11.6 Å². The summed E-state index contributed by atoms with van der Waals surface area (Å²) in [5.74, 6) is 1.27. The first-order valence-corrected chi connectivity index (χ1v) is 9.02. The van der Waals surface area contributed by atoms with Gasteiger partial charge in [-0.2, -0.15) is 0 Å². The van der Waals surface area contributed by atoms with Crippen molar-refractivity contribution in [3.63, 3.8) is 0 Å². The standard InChI is InChI=1S/C20H16ClN3O4/c21-13-3-1-12(2-4-13)17-10-22-20(28-17)8-7-18(25)23-14-5-6-16-15(9-14)24-19(26)11-27-16/h1-6,9-10H,7-8,11H2,(H,23,25)(H,24,26). The smallest absolute Gasteiger partial charge is 0.262 e. The highest BCUT2D eigenvalue weighted by atomic mass is 35.5. The van der Waals surface area contributed by atoms with E-state index in [0.717, 1.165) is 5.56 Å². The van der Waals surface area contributed by atoms with Crippen LogP contribution in [0.3, 0.4) is 0 Å². The highest BCUT2D eigenvalue weighted by Gasteiger charge is 2.16. The van der Waals surface area contributed by atoms with Crippen LogP contribution in [0.2, 0.25) is 5.02 Å². The number of hydrogen-bond donors (Lipinski definition) is 2. The molecular formula is C20H16ClN3O4. The summed E-state index contributed by atoms with van der Waals surface area (Å²) in [6, 6.07) is 12.3. The lowest BCUT2D eigenvalue weighted by Gasteiger charge is -2.18. The Kier molecular flexibility index (Phi) is 4.99. The van der Waals surface area contributed by atoms with Gasteiger partial charge in [0.1, 0.15) is 5.75 Å². The molecule has 0 unspecified atom stereocenters. The van der Waals surface area contributed by atoms with Crippen molar-refractivity contribution in [3.05, 3.63) is 59.6 Å². The number of carbonyl (C=O) groups excluding carboxylic acids is 2. The first-order valence-electron chi connectivity index (χ1n) is 8.64. The van der Waals surface area contributed by atoms with E-state index in [-0.39, 0.29) is 24.8 Å². The molecule has 2 aromatic carbocycles. The monoisotopic (exact) mass is 397 g/mol. The van der Waals surface area contributed by atoms with Crippen molar-refractivity contribution in [3.8, 4) is 17.1 Å². The van der Waals surface area contributed by atoms with E-state index in [4.69, 9.17) is 20.8 Å². The molecule has 0 fully saturated rings. The third kappa shape index (κ3) is 4.15. The van der Waals surface area contributed by atoms with Gasteiger partial charge >= 0.3 is 0 Å². The van der Waals surface area contributed by atoms with Gasteiger partial charge in [0.05, 0.1) is 11.9 Å². The van der Waals surface area contributed by atoms with Crippen molar-refractivity contribution in [1.29, 1.82) is 0 Å². The molecule has 0 aliphatic carbocycles. The molecule has 4 rings (SSSR count). The minimum Gasteiger partial charge on any atom is -0.482 e. The molecule has 0 spiro atoms. The molecule has 0 saturated heterocycles. The fourth-order valence-electron chi connectivity index (χ4n) is 2.78. The fraction of sp³-hybridized carbons (Fsp3) is 0.150. The van der Waals surface area contributed by atoms with Crippen LogP contribution >= 0.6 is 11.6 Å². The summed E-state index contributed by atoms with van der Waals surface area (Å²) in [6.45, 7) is -0.00708. The maximum absolute atomic E-state index is 12.2. The van der Waals surface area contributed by atoms with Crippen molar-refractivity contribution >= 4 is 34.8 Å². The molecule has 1 aliphatic heterocycles. The van der Waals surface area contributed by atoms with E-state index >= 15 is 0 Å². The lowest BCUT2D eigenvalue weighted by Crippen LogP contribution is -2.25. The Hall–Kier alpha value is -3.32. The largest absolute Gasteiger partial charge is 0.482 e. The van der Waals surface area contributed by atoms with Crippen molar-refractivity contribution in [1.82, 2.24) is 4.98 Å². The summed E-state index contributed by atoms with van der Waals surface area (Å²) in [5.41, 5.74) is 1.98. The summed E-state index contributed by atoms with van der Waals surface area (Å²) in [5, 5.41) is 6.14. The van der Waals surface area contributed by atoms with Crippen molar-refractivity contribution in [2.75, 3.05) is 17.2 Å². The average molecular weight is 398 g/mol. The van der Waals surface area contributed by atoms with Gasteiger partial charge < -0.3 is 19.8 Å². The molecule has 1 aliphatic rings. The Balaban J connectivity index is 1.34. The SMILES string of the molecule is O=C(CCc1ncc(-c2ccc(Cl)cc2)o1)Nc1ccc2c(c1)NC(=O)CO2. The molecule has 1 aromatic heterocycles. The van der Waals surface area contributed by atoms with E-state index in [1.54, 1.807) is 36.5 Å². The quantitative estimate of drug-likeness (QED) is 0.681.